The summed E-state index contributed by atoms with van der Waals surface area (Å²) in [5.41, 5.74) is 2.30. The Morgan fingerprint density at radius 2 is 1.74 bits per heavy atom. The summed E-state index contributed by atoms with van der Waals surface area (Å²) in [5.74, 6) is -3.21. The first-order chi connectivity index (χ1) is 15.1. The lowest BCUT2D eigenvalue weighted by atomic mass is 10.0. The van der Waals surface area contributed by atoms with Crippen LogP contribution in [0.15, 0.2) is 77.9 Å². The van der Waals surface area contributed by atoms with Crippen LogP contribution in [0.5, 0.6) is 0 Å². The smallest absolute Gasteiger partial charge is 0.348 e. The summed E-state index contributed by atoms with van der Waals surface area (Å²) in [7, 11) is 0. The molecule has 0 bridgehead atoms. The quantitative estimate of drug-likeness (QED) is 0.588. The zero-order valence-corrected chi connectivity index (χ0v) is 16.7. The van der Waals surface area contributed by atoms with Crippen LogP contribution < -0.4 is 4.90 Å². The van der Waals surface area contributed by atoms with E-state index in [0.29, 0.717) is 25.3 Å². The summed E-state index contributed by atoms with van der Waals surface area (Å²) in [6, 6.07) is 19.5. The molecule has 31 heavy (non-hydrogen) atoms. The highest BCUT2D eigenvalue weighted by atomic mass is 19.3. The Bertz CT molecular complexity index is 927. The van der Waals surface area contributed by atoms with Crippen molar-refractivity contribution in [1.82, 2.24) is 0 Å². The number of para-hydroxylation sites is 2. The van der Waals surface area contributed by atoms with Crippen LogP contribution in [0.4, 0.5) is 20.2 Å². The number of epoxide rings is 1. The Balaban J connectivity index is 1.49. The predicted molar refractivity (Wildman–Crippen MR) is 110 cm³/mol. The maximum absolute atomic E-state index is 13.2. The van der Waals surface area contributed by atoms with Gasteiger partial charge in [0.15, 0.2) is 0 Å². The maximum atomic E-state index is 13.2. The van der Waals surface area contributed by atoms with E-state index in [1.54, 1.807) is 0 Å². The molecule has 3 unspecified atom stereocenters. The van der Waals surface area contributed by atoms with Crippen LogP contribution in [0.1, 0.15) is 6.42 Å². The van der Waals surface area contributed by atoms with Gasteiger partial charge in [-0.2, -0.15) is 8.78 Å². The van der Waals surface area contributed by atoms with Gasteiger partial charge in [-0.05, 0) is 36.8 Å². The van der Waals surface area contributed by atoms with Crippen LogP contribution in [0, 0.1) is 0 Å². The van der Waals surface area contributed by atoms with Crippen LogP contribution in [0.2, 0.25) is 0 Å². The third kappa shape index (κ3) is 3.76. The Labute approximate surface area is 178 Å². The summed E-state index contributed by atoms with van der Waals surface area (Å²) >= 11 is 0. The second kappa shape index (κ2) is 8.12. The van der Waals surface area contributed by atoms with E-state index in [9.17, 15) is 8.78 Å². The molecule has 0 saturated carbocycles. The largest absolute Gasteiger partial charge is 0.379 e. The monoisotopic (exact) mass is 428 g/mol. The number of rotatable bonds is 8. The minimum absolute atomic E-state index is 0.264. The van der Waals surface area contributed by atoms with Gasteiger partial charge in [-0.25, -0.2) is 0 Å². The molecular formula is C23H22F2N2O4. The van der Waals surface area contributed by atoms with Gasteiger partial charge in [0, 0.05) is 24.2 Å². The van der Waals surface area contributed by atoms with Crippen molar-refractivity contribution in [1.29, 1.82) is 0 Å². The van der Waals surface area contributed by atoms with Crippen molar-refractivity contribution < 1.29 is 27.7 Å². The number of hydrogen-bond donors (Lipinski definition) is 0. The van der Waals surface area contributed by atoms with Crippen molar-refractivity contribution in [3.05, 3.63) is 72.9 Å². The molecule has 0 aromatic heterocycles. The van der Waals surface area contributed by atoms with E-state index in [-0.39, 0.29) is 12.6 Å². The summed E-state index contributed by atoms with van der Waals surface area (Å²) in [5, 5.41) is 0. The van der Waals surface area contributed by atoms with Crippen molar-refractivity contribution >= 4 is 17.1 Å². The van der Waals surface area contributed by atoms with Crippen LogP contribution in [-0.2, 0) is 18.9 Å². The normalized spacial score (nSPS) is 29.0. The highest BCUT2D eigenvalue weighted by Crippen LogP contribution is 2.56. The number of anilines is 2. The highest BCUT2D eigenvalue weighted by Gasteiger charge is 2.78. The number of fused-ring (bicyclic) bond motifs is 1. The Hall–Kier alpha value is -2.65. The summed E-state index contributed by atoms with van der Waals surface area (Å²) in [4.78, 5) is 6.52. The molecule has 8 heteroatoms. The summed E-state index contributed by atoms with van der Waals surface area (Å²) < 4.78 is 48.7. The van der Waals surface area contributed by atoms with Gasteiger partial charge in [0.05, 0.1) is 19.3 Å². The predicted octanol–water partition coefficient (Wildman–Crippen LogP) is 4.26. The lowest BCUT2D eigenvalue weighted by Crippen LogP contribution is -2.46. The van der Waals surface area contributed by atoms with E-state index >= 15 is 0 Å². The molecule has 0 radical (unpaired) electrons. The van der Waals surface area contributed by atoms with Gasteiger partial charge < -0.3 is 14.4 Å². The van der Waals surface area contributed by atoms with Gasteiger partial charge in [0.1, 0.15) is 5.71 Å². The molecule has 3 atom stereocenters. The zero-order valence-electron chi connectivity index (χ0n) is 16.7. The molecule has 2 aromatic rings. The van der Waals surface area contributed by atoms with Gasteiger partial charge in [-0.1, -0.05) is 36.4 Å². The fraction of sp³-hybridized carbons (Fsp3) is 0.348. The number of alkyl halides is 2. The van der Waals surface area contributed by atoms with E-state index in [1.807, 2.05) is 65.6 Å². The van der Waals surface area contributed by atoms with Gasteiger partial charge >= 0.3 is 6.61 Å². The van der Waals surface area contributed by atoms with Crippen molar-refractivity contribution in [3.8, 4) is 0 Å². The van der Waals surface area contributed by atoms with E-state index < -0.39 is 18.2 Å². The number of hydrogen-bond acceptors (Lipinski definition) is 6. The first-order valence-electron chi connectivity index (χ1n) is 10.2. The molecule has 162 valence electrons. The average molecular weight is 428 g/mol. The second-order valence-electron chi connectivity index (χ2n) is 7.52. The van der Waals surface area contributed by atoms with Gasteiger partial charge in [0.2, 0.25) is 0 Å². The molecule has 2 saturated heterocycles. The highest BCUT2D eigenvalue weighted by molar-refractivity contribution is 6.01. The van der Waals surface area contributed by atoms with Crippen molar-refractivity contribution in [3.63, 3.8) is 0 Å². The van der Waals surface area contributed by atoms with E-state index in [4.69, 9.17) is 18.9 Å². The minimum Gasteiger partial charge on any atom is -0.379 e. The average Bonchev–Trinajstić information content (AvgIpc) is 3.12. The Morgan fingerprint density at radius 1 is 1.06 bits per heavy atom. The van der Waals surface area contributed by atoms with Crippen molar-refractivity contribution in [2.45, 2.75) is 30.7 Å². The number of ether oxygens (including phenoxy) is 4. The third-order valence-corrected chi connectivity index (χ3v) is 5.54. The van der Waals surface area contributed by atoms with Gasteiger partial charge in [0.25, 0.3) is 11.6 Å². The molecular weight excluding hydrogens is 406 g/mol. The lowest BCUT2D eigenvalue weighted by molar-refractivity contribution is -0.193. The SMILES string of the molecule is FC(F)OC12C=CN=C(CN(c3ccccc3)c3ccccc3)C1(OC1CCOC1)O2. The fourth-order valence-electron chi connectivity index (χ4n) is 4.03. The second-order valence-corrected chi connectivity index (χ2v) is 7.52. The van der Waals surface area contributed by atoms with Gasteiger partial charge in [-0.15, -0.1) is 0 Å². The molecule has 3 heterocycles. The molecule has 3 aliphatic heterocycles. The van der Waals surface area contributed by atoms with Crippen molar-refractivity contribution in [2.24, 2.45) is 4.99 Å². The minimum atomic E-state index is -3.02. The molecule has 0 aliphatic carbocycles. The molecule has 5 rings (SSSR count). The molecule has 0 spiro atoms. The molecule has 3 aliphatic rings. The first kappa shape index (κ1) is 20.3. The van der Waals surface area contributed by atoms with E-state index in [0.717, 1.165) is 11.4 Å². The van der Waals surface area contributed by atoms with Crippen LogP contribution in [0.25, 0.3) is 0 Å². The summed E-state index contributed by atoms with van der Waals surface area (Å²) in [6.45, 7) is -1.84. The number of aliphatic imine (C=N–C) groups is 1. The maximum Gasteiger partial charge on any atom is 0.348 e. The summed E-state index contributed by atoms with van der Waals surface area (Å²) in [6.07, 6.45) is 3.18. The number of halogens is 2. The standard InChI is InChI=1S/C23H22F2N2O4/c24-21(25)30-22-12-13-26-20(23(22,31-22)29-19-11-14-28-16-19)15-27(17-7-3-1-4-8-17)18-9-5-2-6-10-18/h1-10,12-13,19,21H,11,14-16H2. The molecule has 2 aromatic carbocycles. The van der Waals surface area contributed by atoms with Crippen LogP contribution in [-0.4, -0.2) is 49.8 Å². The Morgan fingerprint density at radius 3 is 2.32 bits per heavy atom. The van der Waals surface area contributed by atoms with Crippen LogP contribution in [0.3, 0.4) is 0 Å². The number of nitrogens with zero attached hydrogens (tertiary/aromatic N) is 2. The molecule has 0 amide bonds. The number of benzene rings is 2. The molecule has 2 fully saturated rings. The Kier molecular flexibility index (Phi) is 5.31. The van der Waals surface area contributed by atoms with E-state index in [2.05, 4.69) is 4.99 Å². The molecule has 0 N–H and O–H groups in total. The van der Waals surface area contributed by atoms with Crippen molar-refractivity contribution in [2.75, 3.05) is 24.7 Å². The fourth-order valence-corrected chi connectivity index (χ4v) is 4.03. The van der Waals surface area contributed by atoms with Crippen LogP contribution >= 0.6 is 0 Å². The third-order valence-electron chi connectivity index (χ3n) is 5.54. The van der Waals surface area contributed by atoms with E-state index in [1.165, 1.54) is 12.3 Å². The zero-order chi connectivity index (χ0) is 21.3. The first-order valence-corrected chi connectivity index (χ1v) is 10.2. The molecule has 6 nitrogen and oxygen atoms in total. The lowest BCUT2D eigenvalue weighted by Gasteiger charge is -2.30. The van der Waals surface area contributed by atoms with Gasteiger partial charge in [-0.3, -0.25) is 14.5 Å². The topological polar surface area (TPSA) is 55.8 Å².